The summed E-state index contributed by atoms with van der Waals surface area (Å²) in [7, 11) is 0. The van der Waals surface area contributed by atoms with E-state index in [0.29, 0.717) is 22.5 Å². The van der Waals surface area contributed by atoms with Gasteiger partial charge in [0, 0.05) is 5.69 Å². The Morgan fingerprint density at radius 2 is 1.69 bits per heavy atom. The summed E-state index contributed by atoms with van der Waals surface area (Å²) in [4.78, 5) is 35.7. The second kappa shape index (κ2) is 8.35. The summed E-state index contributed by atoms with van der Waals surface area (Å²) in [6.07, 6.45) is 2.95. The third-order valence-corrected chi connectivity index (χ3v) is 4.27. The first kappa shape index (κ1) is 18.4. The van der Waals surface area contributed by atoms with Gasteiger partial charge in [-0.05, 0) is 36.4 Å². The lowest BCUT2D eigenvalue weighted by Gasteiger charge is -2.21. The van der Waals surface area contributed by atoms with Crippen LogP contribution >= 0.6 is 0 Å². The van der Waals surface area contributed by atoms with E-state index in [1.54, 1.807) is 30.3 Å². The molecular formula is C22H18N4O3. The monoisotopic (exact) mass is 386 g/mol. The number of furan rings is 1. The molecule has 0 aliphatic carbocycles. The minimum atomic E-state index is -0.400. The number of aromatic nitrogens is 2. The quantitative estimate of drug-likeness (QED) is 0.548. The van der Waals surface area contributed by atoms with Crippen LogP contribution in [0.4, 0.5) is 5.69 Å². The summed E-state index contributed by atoms with van der Waals surface area (Å²) < 4.78 is 5.36. The number of benzene rings is 2. The van der Waals surface area contributed by atoms with Crippen LogP contribution < -0.4 is 5.32 Å². The predicted octanol–water partition coefficient (Wildman–Crippen LogP) is 3.50. The number of fused-ring (bicyclic) bond motifs is 1. The predicted molar refractivity (Wildman–Crippen MR) is 108 cm³/mol. The third kappa shape index (κ3) is 4.47. The molecule has 0 saturated heterocycles. The van der Waals surface area contributed by atoms with Crippen molar-refractivity contribution in [1.29, 1.82) is 0 Å². The fourth-order valence-corrected chi connectivity index (χ4v) is 2.91. The highest BCUT2D eigenvalue weighted by atomic mass is 16.3. The van der Waals surface area contributed by atoms with Gasteiger partial charge in [-0.2, -0.15) is 0 Å². The van der Waals surface area contributed by atoms with Crippen LogP contribution in [0.1, 0.15) is 16.2 Å². The molecule has 2 aromatic carbocycles. The molecule has 7 heteroatoms. The van der Waals surface area contributed by atoms with Crippen molar-refractivity contribution in [1.82, 2.24) is 14.9 Å². The molecule has 2 aromatic heterocycles. The molecule has 144 valence electrons. The van der Waals surface area contributed by atoms with Gasteiger partial charge in [0.25, 0.3) is 5.91 Å². The van der Waals surface area contributed by atoms with Crippen LogP contribution in [0.3, 0.4) is 0 Å². The van der Waals surface area contributed by atoms with Crippen molar-refractivity contribution >= 4 is 28.5 Å². The highest BCUT2D eigenvalue weighted by Gasteiger charge is 2.22. The zero-order valence-electron chi connectivity index (χ0n) is 15.5. The molecule has 0 aliphatic rings. The SMILES string of the molecule is O=C(CN(Cc1ccco1)C(=O)c1cnc2ccccc2n1)Nc1ccccc1. The Balaban J connectivity index is 1.56. The lowest BCUT2D eigenvalue weighted by atomic mass is 10.2. The molecule has 0 bridgehead atoms. The molecular weight excluding hydrogens is 368 g/mol. The number of hydrogen-bond donors (Lipinski definition) is 1. The molecule has 0 spiro atoms. The average molecular weight is 386 g/mol. The first-order valence-corrected chi connectivity index (χ1v) is 9.07. The van der Waals surface area contributed by atoms with Crippen LogP contribution in [0.25, 0.3) is 11.0 Å². The molecule has 0 aliphatic heterocycles. The Morgan fingerprint density at radius 1 is 0.931 bits per heavy atom. The molecule has 7 nitrogen and oxygen atoms in total. The number of hydrogen-bond acceptors (Lipinski definition) is 5. The van der Waals surface area contributed by atoms with Crippen LogP contribution in [0.5, 0.6) is 0 Å². The van der Waals surface area contributed by atoms with Crippen LogP contribution in [0.15, 0.2) is 83.6 Å². The molecule has 0 saturated carbocycles. The molecule has 0 fully saturated rings. The Labute approximate surface area is 167 Å². The highest BCUT2D eigenvalue weighted by molar-refractivity contribution is 5.99. The van der Waals surface area contributed by atoms with E-state index in [9.17, 15) is 9.59 Å². The van der Waals surface area contributed by atoms with E-state index in [1.165, 1.54) is 17.4 Å². The maximum Gasteiger partial charge on any atom is 0.274 e. The molecule has 0 radical (unpaired) electrons. The van der Waals surface area contributed by atoms with Crippen molar-refractivity contribution in [2.75, 3.05) is 11.9 Å². The second-order valence-electron chi connectivity index (χ2n) is 6.40. The van der Waals surface area contributed by atoms with Crippen LogP contribution in [0, 0.1) is 0 Å². The van der Waals surface area contributed by atoms with Crippen LogP contribution in [-0.4, -0.2) is 33.2 Å². The van der Waals surface area contributed by atoms with Gasteiger partial charge in [0.2, 0.25) is 5.91 Å². The molecule has 2 heterocycles. The number of nitrogens with zero attached hydrogens (tertiary/aromatic N) is 3. The number of carbonyl (C=O) groups is 2. The molecule has 0 unspecified atom stereocenters. The van der Waals surface area contributed by atoms with E-state index >= 15 is 0 Å². The number of carbonyl (C=O) groups excluding carboxylic acids is 2. The Morgan fingerprint density at radius 3 is 2.45 bits per heavy atom. The Kier molecular flexibility index (Phi) is 5.29. The van der Waals surface area contributed by atoms with Gasteiger partial charge in [0.05, 0.1) is 30.0 Å². The smallest absolute Gasteiger partial charge is 0.274 e. The molecule has 4 rings (SSSR count). The van der Waals surface area contributed by atoms with Crippen molar-refractivity contribution < 1.29 is 14.0 Å². The Bertz CT molecular complexity index is 1130. The molecule has 29 heavy (non-hydrogen) atoms. The third-order valence-electron chi connectivity index (χ3n) is 4.27. The van der Waals surface area contributed by atoms with Crippen LogP contribution in [-0.2, 0) is 11.3 Å². The number of para-hydroxylation sites is 3. The average Bonchev–Trinajstić information content (AvgIpc) is 3.26. The fraction of sp³-hybridized carbons (Fsp3) is 0.0909. The first-order valence-electron chi connectivity index (χ1n) is 9.07. The minimum absolute atomic E-state index is 0.141. The van der Waals surface area contributed by atoms with Gasteiger partial charge in [0.15, 0.2) is 0 Å². The van der Waals surface area contributed by atoms with Crippen molar-refractivity contribution in [3.63, 3.8) is 0 Å². The first-order chi connectivity index (χ1) is 14.2. The van der Waals surface area contributed by atoms with E-state index < -0.39 is 5.91 Å². The molecule has 1 N–H and O–H groups in total. The zero-order valence-corrected chi connectivity index (χ0v) is 15.5. The lowest BCUT2D eigenvalue weighted by molar-refractivity contribution is -0.117. The van der Waals surface area contributed by atoms with Gasteiger partial charge in [-0.25, -0.2) is 4.98 Å². The molecule has 4 aromatic rings. The number of rotatable bonds is 6. The van der Waals surface area contributed by atoms with Gasteiger partial charge in [-0.15, -0.1) is 0 Å². The van der Waals surface area contributed by atoms with Gasteiger partial charge < -0.3 is 14.6 Å². The molecule has 0 atom stereocenters. The highest BCUT2D eigenvalue weighted by Crippen LogP contribution is 2.13. The van der Waals surface area contributed by atoms with Gasteiger partial charge >= 0.3 is 0 Å². The summed E-state index contributed by atoms with van der Waals surface area (Å²) >= 11 is 0. The van der Waals surface area contributed by atoms with Crippen molar-refractivity contribution in [2.45, 2.75) is 6.54 Å². The van der Waals surface area contributed by atoms with E-state index in [1.807, 2.05) is 36.4 Å². The molecule has 2 amide bonds. The van der Waals surface area contributed by atoms with E-state index in [0.717, 1.165) is 0 Å². The van der Waals surface area contributed by atoms with E-state index in [-0.39, 0.29) is 24.7 Å². The van der Waals surface area contributed by atoms with Crippen molar-refractivity contribution in [3.05, 3.63) is 90.6 Å². The summed E-state index contributed by atoms with van der Waals surface area (Å²) in [5.41, 5.74) is 2.14. The zero-order chi connectivity index (χ0) is 20.1. The van der Waals surface area contributed by atoms with Crippen molar-refractivity contribution in [3.8, 4) is 0 Å². The number of nitrogens with one attached hydrogen (secondary N) is 1. The maximum atomic E-state index is 13.1. The Hall–Kier alpha value is -4.00. The van der Waals surface area contributed by atoms with Gasteiger partial charge in [-0.3, -0.25) is 14.6 Å². The summed E-state index contributed by atoms with van der Waals surface area (Å²) in [6, 6.07) is 19.9. The normalized spacial score (nSPS) is 10.6. The van der Waals surface area contributed by atoms with Crippen molar-refractivity contribution in [2.24, 2.45) is 0 Å². The summed E-state index contributed by atoms with van der Waals surface area (Å²) in [5, 5.41) is 2.79. The largest absolute Gasteiger partial charge is 0.467 e. The van der Waals surface area contributed by atoms with Crippen LogP contribution in [0.2, 0.25) is 0 Å². The fourth-order valence-electron chi connectivity index (χ4n) is 2.91. The second-order valence-corrected chi connectivity index (χ2v) is 6.40. The summed E-state index contributed by atoms with van der Waals surface area (Å²) in [6.45, 7) is -0.00845. The lowest BCUT2D eigenvalue weighted by Crippen LogP contribution is -2.38. The topological polar surface area (TPSA) is 88.3 Å². The number of anilines is 1. The maximum absolute atomic E-state index is 13.1. The van der Waals surface area contributed by atoms with Gasteiger partial charge in [-0.1, -0.05) is 30.3 Å². The van der Waals surface area contributed by atoms with E-state index in [2.05, 4.69) is 15.3 Å². The summed E-state index contributed by atoms with van der Waals surface area (Å²) in [5.74, 6) is -0.146. The standard InChI is InChI=1S/C22H18N4O3/c27-21(24-16-7-2-1-3-8-16)15-26(14-17-9-6-12-29-17)22(28)20-13-23-18-10-4-5-11-19(18)25-20/h1-13H,14-15H2,(H,24,27). The van der Waals surface area contributed by atoms with E-state index in [4.69, 9.17) is 4.42 Å². The minimum Gasteiger partial charge on any atom is -0.467 e. The number of amides is 2. The van der Waals surface area contributed by atoms with Gasteiger partial charge in [0.1, 0.15) is 18.0 Å².